The molecule has 0 saturated heterocycles. The van der Waals surface area contributed by atoms with Crippen LogP contribution in [0.5, 0.6) is 0 Å². The number of nitrogens with zero attached hydrogens (tertiary/aromatic N) is 1. The highest BCUT2D eigenvalue weighted by Gasteiger charge is 2.29. The quantitative estimate of drug-likeness (QED) is 0.552. The highest BCUT2D eigenvalue weighted by molar-refractivity contribution is 9.09. The summed E-state index contributed by atoms with van der Waals surface area (Å²) in [6, 6.07) is 10.5. The maximum atomic E-state index is 3.70. The van der Waals surface area contributed by atoms with Crippen molar-refractivity contribution in [1.82, 2.24) is 0 Å². The van der Waals surface area contributed by atoms with Crippen molar-refractivity contribution in [3.63, 3.8) is 0 Å². The van der Waals surface area contributed by atoms with Crippen molar-refractivity contribution in [1.29, 1.82) is 0 Å². The fraction of sp³-hybridized carbons (Fsp3) is 0.143. The van der Waals surface area contributed by atoms with Crippen LogP contribution >= 0.6 is 15.9 Å². The second-order valence-corrected chi connectivity index (χ2v) is 5.06. The molecule has 1 aliphatic heterocycles. The molecular formula is C14H12BrN. The first-order chi connectivity index (χ1) is 7.75. The molecule has 1 atom stereocenters. The van der Waals surface area contributed by atoms with E-state index in [0.717, 1.165) is 0 Å². The Balaban J connectivity index is 2.03. The number of allylic oxidation sites excluding steroid dienone is 3. The third-order valence-corrected chi connectivity index (χ3v) is 3.57. The van der Waals surface area contributed by atoms with Crippen LogP contribution in [0, 0.1) is 0 Å². The zero-order valence-electron chi connectivity index (χ0n) is 9.02. The van der Waals surface area contributed by atoms with Gasteiger partial charge >= 0.3 is 0 Å². The maximum Gasteiger partial charge on any atom is 0.109 e. The van der Waals surface area contributed by atoms with Crippen molar-refractivity contribution >= 4 is 21.6 Å². The van der Waals surface area contributed by atoms with E-state index in [2.05, 4.69) is 70.2 Å². The Hall–Kier alpha value is -1.28. The van der Waals surface area contributed by atoms with Crippen LogP contribution in [0.1, 0.15) is 6.92 Å². The molecule has 1 nitrogen and oxygen atoms in total. The standard InChI is InChI=1S/C14H12BrN/c1-10-7-11-9-14(15)16(13(11)8-10)12-5-3-2-4-6-12/h2-9,14H,1H3. The maximum absolute atomic E-state index is 3.70. The fourth-order valence-corrected chi connectivity index (χ4v) is 2.97. The lowest BCUT2D eigenvalue weighted by Gasteiger charge is -2.24. The summed E-state index contributed by atoms with van der Waals surface area (Å²) in [6.07, 6.45) is 6.71. The number of hydrogen-bond donors (Lipinski definition) is 0. The number of para-hydroxylation sites is 1. The molecule has 1 aromatic carbocycles. The van der Waals surface area contributed by atoms with Crippen LogP contribution in [0.3, 0.4) is 0 Å². The molecule has 2 heteroatoms. The lowest BCUT2D eigenvalue weighted by molar-refractivity contribution is 1.05. The summed E-state index contributed by atoms with van der Waals surface area (Å²) in [4.78, 5) is 2.57. The van der Waals surface area contributed by atoms with Gasteiger partial charge in [-0.15, -0.1) is 0 Å². The summed E-state index contributed by atoms with van der Waals surface area (Å²) >= 11 is 3.70. The third-order valence-electron chi connectivity index (χ3n) is 2.90. The van der Waals surface area contributed by atoms with E-state index in [0.29, 0.717) is 0 Å². The fourth-order valence-electron chi connectivity index (χ4n) is 2.23. The summed E-state index contributed by atoms with van der Waals surface area (Å²) < 4.78 is 0. The topological polar surface area (TPSA) is 3.24 Å². The second-order valence-electron chi connectivity index (χ2n) is 4.12. The Kier molecular flexibility index (Phi) is 2.25. The first-order valence-corrected chi connectivity index (χ1v) is 6.28. The summed E-state index contributed by atoms with van der Waals surface area (Å²) in [6.45, 7) is 2.14. The van der Waals surface area contributed by atoms with Gasteiger partial charge in [-0.05, 0) is 42.4 Å². The van der Waals surface area contributed by atoms with Crippen LogP contribution < -0.4 is 4.90 Å². The monoisotopic (exact) mass is 273 g/mol. The van der Waals surface area contributed by atoms with E-state index in [9.17, 15) is 0 Å². The van der Waals surface area contributed by atoms with E-state index in [1.165, 1.54) is 22.5 Å². The second kappa shape index (κ2) is 3.63. The van der Waals surface area contributed by atoms with Crippen molar-refractivity contribution < 1.29 is 0 Å². The Morgan fingerprint density at radius 1 is 1.12 bits per heavy atom. The highest BCUT2D eigenvalue weighted by atomic mass is 79.9. The molecule has 0 fully saturated rings. The number of hydrogen-bond acceptors (Lipinski definition) is 1. The molecule has 1 aromatic rings. The van der Waals surface area contributed by atoms with Gasteiger partial charge in [-0.2, -0.15) is 0 Å². The Labute approximate surface area is 104 Å². The van der Waals surface area contributed by atoms with E-state index in [4.69, 9.17) is 0 Å². The van der Waals surface area contributed by atoms with Crippen molar-refractivity contribution in [2.24, 2.45) is 0 Å². The molecule has 0 radical (unpaired) electrons. The van der Waals surface area contributed by atoms with Crippen LogP contribution in [0.2, 0.25) is 0 Å². The van der Waals surface area contributed by atoms with E-state index in [-0.39, 0.29) is 4.95 Å². The van der Waals surface area contributed by atoms with E-state index in [1.54, 1.807) is 0 Å². The van der Waals surface area contributed by atoms with Gasteiger partial charge < -0.3 is 4.90 Å². The molecule has 0 N–H and O–H groups in total. The van der Waals surface area contributed by atoms with Gasteiger partial charge in [0.15, 0.2) is 0 Å². The number of alkyl halides is 1. The zero-order chi connectivity index (χ0) is 11.1. The molecule has 3 rings (SSSR count). The minimum atomic E-state index is 0.264. The predicted octanol–water partition coefficient (Wildman–Crippen LogP) is 4.00. The molecule has 0 bridgehead atoms. The Morgan fingerprint density at radius 3 is 2.62 bits per heavy atom. The smallest absolute Gasteiger partial charge is 0.109 e. The number of fused-ring (bicyclic) bond motifs is 1. The lowest BCUT2D eigenvalue weighted by atomic mass is 10.2. The summed E-state index contributed by atoms with van der Waals surface area (Å²) in [7, 11) is 0. The van der Waals surface area contributed by atoms with E-state index >= 15 is 0 Å². The van der Waals surface area contributed by atoms with Gasteiger partial charge in [0.1, 0.15) is 4.95 Å². The van der Waals surface area contributed by atoms with Gasteiger partial charge in [0, 0.05) is 11.4 Å². The average molecular weight is 274 g/mol. The minimum Gasteiger partial charge on any atom is -0.324 e. The SMILES string of the molecule is CC1=CC2=CC(Br)N(c3ccccc3)C2=C1. The molecule has 0 saturated carbocycles. The van der Waals surface area contributed by atoms with E-state index in [1.807, 2.05) is 6.07 Å². The number of benzene rings is 1. The molecule has 0 aromatic heterocycles. The largest absolute Gasteiger partial charge is 0.324 e. The normalized spacial score (nSPS) is 22.8. The average Bonchev–Trinajstić information content (AvgIpc) is 2.74. The Morgan fingerprint density at radius 2 is 1.88 bits per heavy atom. The summed E-state index contributed by atoms with van der Waals surface area (Å²) in [5.74, 6) is 0. The first-order valence-electron chi connectivity index (χ1n) is 5.36. The molecule has 2 aliphatic rings. The molecule has 1 heterocycles. The minimum absolute atomic E-state index is 0.264. The summed E-state index contributed by atoms with van der Waals surface area (Å²) in [5, 5.41) is 0. The van der Waals surface area contributed by atoms with Crippen molar-refractivity contribution in [2.45, 2.75) is 11.9 Å². The molecule has 1 aliphatic carbocycles. The van der Waals surface area contributed by atoms with Gasteiger partial charge in [-0.1, -0.05) is 40.2 Å². The van der Waals surface area contributed by atoms with Crippen molar-refractivity contribution in [3.05, 3.63) is 65.4 Å². The molecule has 0 spiro atoms. The van der Waals surface area contributed by atoms with Gasteiger partial charge in [0.05, 0.1) is 0 Å². The van der Waals surface area contributed by atoms with Crippen molar-refractivity contribution in [2.75, 3.05) is 4.90 Å². The van der Waals surface area contributed by atoms with E-state index < -0.39 is 0 Å². The molecule has 0 amide bonds. The van der Waals surface area contributed by atoms with Gasteiger partial charge in [0.2, 0.25) is 0 Å². The third kappa shape index (κ3) is 1.45. The van der Waals surface area contributed by atoms with Crippen LogP contribution in [0.4, 0.5) is 5.69 Å². The van der Waals surface area contributed by atoms with Gasteiger partial charge in [0.25, 0.3) is 0 Å². The molecule has 1 unspecified atom stereocenters. The first kappa shape index (κ1) is 9.91. The molecule has 16 heavy (non-hydrogen) atoms. The molecular weight excluding hydrogens is 262 g/mol. The molecule has 80 valence electrons. The predicted molar refractivity (Wildman–Crippen MR) is 71.6 cm³/mol. The number of halogens is 1. The lowest BCUT2D eigenvalue weighted by Crippen LogP contribution is -2.23. The summed E-state index contributed by atoms with van der Waals surface area (Å²) in [5.41, 5.74) is 5.17. The van der Waals surface area contributed by atoms with Crippen LogP contribution in [-0.2, 0) is 0 Å². The van der Waals surface area contributed by atoms with Crippen molar-refractivity contribution in [3.8, 4) is 0 Å². The number of rotatable bonds is 1. The highest BCUT2D eigenvalue weighted by Crippen LogP contribution is 2.39. The van der Waals surface area contributed by atoms with Gasteiger partial charge in [-0.3, -0.25) is 0 Å². The zero-order valence-corrected chi connectivity index (χ0v) is 10.6. The van der Waals surface area contributed by atoms with Crippen LogP contribution in [0.25, 0.3) is 0 Å². The Bertz CT molecular complexity index is 511. The van der Waals surface area contributed by atoms with Crippen LogP contribution in [0.15, 0.2) is 65.4 Å². The number of anilines is 1. The van der Waals surface area contributed by atoms with Crippen LogP contribution in [-0.4, -0.2) is 4.95 Å². The van der Waals surface area contributed by atoms with Gasteiger partial charge in [-0.25, -0.2) is 0 Å².